The largest absolute Gasteiger partial charge is 0.326 e. The van der Waals surface area contributed by atoms with E-state index < -0.39 is 21.7 Å². The number of aryl methyl sites for hydroxylation is 1. The molecular weight excluding hydrogens is 362 g/mol. The molecule has 0 atom stereocenters. The predicted molar refractivity (Wildman–Crippen MR) is 93.0 cm³/mol. The maximum atomic E-state index is 13.3. The molecule has 0 unspecified atom stereocenters. The van der Waals surface area contributed by atoms with Gasteiger partial charge in [0.1, 0.15) is 0 Å². The van der Waals surface area contributed by atoms with Crippen LogP contribution in [0.3, 0.4) is 0 Å². The minimum absolute atomic E-state index is 0.0881. The Bertz CT molecular complexity index is 961. The van der Waals surface area contributed by atoms with Crippen LogP contribution in [0, 0.1) is 11.6 Å². The number of rotatable bonds is 4. The fraction of sp³-hybridized carbons (Fsp3) is 0.278. The minimum atomic E-state index is -3.81. The van der Waals surface area contributed by atoms with Crippen molar-refractivity contribution in [2.45, 2.75) is 30.7 Å². The number of carbonyl (C=O) groups is 1. The second-order valence-corrected chi connectivity index (χ2v) is 8.28. The second kappa shape index (κ2) is 7.13. The number of nitrogens with one attached hydrogen (secondary N) is 1. The van der Waals surface area contributed by atoms with Gasteiger partial charge in [0.25, 0.3) is 0 Å². The van der Waals surface area contributed by atoms with Crippen LogP contribution in [0.5, 0.6) is 0 Å². The quantitative estimate of drug-likeness (QED) is 0.887. The van der Waals surface area contributed by atoms with Crippen molar-refractivity contribution >= 4 is 21.6 Å². The Morgan fingerprint density at radius 2 is 1.85 bits per heavy atom. The summed E-state index contributed by atoms with van der Waals surface area (Å²) in [6, 6.07) is 7.86. The van der Waals surface area contributed by atoms with E-state index in [2.05, 4.69) is 5.32 Å². The van der Waals surface area contributed by atoms with Gasteiger partial charge in [-0.05, 0) is 54.3 Å². The molecule has 8 heteroatoms. The number of carbonyl (C=O) groups excluding carboxylic acids is 1. The molecule has 5 nitrogen and oxygen atoms in total. The third-order valence-corrected chi connectivity index (χ3v) is 6.10. The van der Waals surface area contributed by atoms with Crippen LogP contribution in [0.4, 0.5) is 14.5 Å². The van der Waals surface area contributed by atoms with Crippen LogP contribution in [0.15, 0.2) is 41.3 Å². The Labute approximate surface area is 150 Å². The molecule has 138 valence electrons. The third-order valence-electron chi connectivity index (χ3n) is 4.30. The number of benzene rings is 2. The predicted octanol–water partition coefficient (Wildman–Crippen LogP) is 3.06. The first kappa shape index (κ1) is 18.5. The highest BCUT2D eigenvalue weighted by Gasteiger charge is 2.23. The summed E-state index contributed by atoms with van der Waals surface area (Å²) in [5.74, 6) is -2.09. The summed E-state index contributed by atoms with van der Waals surface area (Å²) >= 11 is 0. The zero-order valence-corrected chi connectivity index (χ0v) is 14.9. The molecule has 2 aromatic rings. The monoisotopic (exact) mass is 380 g/mol. The SMILES string of the molecule is CN(Cc1ccc(F)c(F)c1)S(=O)(=O)c1ccc2c(c1)CCCC(=O)N2. The van der Waals surface area contributed by atoms with Gasteiger partial charge in [-0.1, -0.05) is 6.07 Å². The van der Waals surface area contributed by atoms with Gasteiger partial charge in [-0.15, -0.1) is 0 Å². The molecule has 0 spiro atoms. The van der Waals surface area contributed by atoms with Gasteiger partial charge in [0, 0.05) is 25.7 Å². The van der Waals surface area contributed by atoms with Crippen molar-refractivity contribution < 1.29 is 22.0 Å². The molecule has 1 aliphatic heterocycles. The zero-order valence-electron chi connectivity index (χ0n) is 14.1. The first-order valence-electron chi connectivity index (χ1n) is 8.10. The van der Waals surface area contributed by atoms with Crippen molar-refractivity contribution in [1.82, 2.24) is 4.31 Å². The highest BCUT2D eigenvalue weighted by Crippen LogP contribution is 2.27. The highest BCUT2D eigenvalue weighted by atomic mass is 32.2. The molecule has 0 saturated carbocycles. The molecule has 0 fully saturated rings. The molecule has 1 aliphatic rings. The Balaban J connectivity index is 1.86. The van der Waals surface area contributed by atoms with Gasteiger partial charge in [0.2, 0.25) is 15.9 Å². The van der Waals surface area contributed by atoms with Gasteiger partial charge in [0.15, 0.2) is 11.6 Å². The Hall–Kier alpha value is -2.32. The second-order valence-electron chi connectivity index (χ2n) is 6.23. The standard InChI is InChI=1S/C18H18F2N2O3S/c1-22(11-12-5-7-15(19)16(20)9-12)26(24,25)14-6-8-17-13(10-14)3-2-4-18(23)21-17/h5-10H,2-4,11H2,1H3,(H,21,23). The minimum Gasteiger partial charge on any atom is -0.326 e. The van der Waals surface area contributed by atoms with Gasteiger partial charge >= 0.3 is 0 Å². The van der Waals surface area contributed by atoms with E-state index in [1.807, 2.05) is 0 Å². The molecule has 26 heavy (non-hydrogen) atoms. The van der Waals surface area contributed by atoms with Crippen molar-refractivity contribution in [2.24, 2.45) is 0 Å². The summed E-state index contributed by atoms with van der Waals surface area (Å²) in [5, 5.41) is 2.76. The molecule has 0 aromatic heterocycles. The summed E-state index contributed by atoms with van der Waals surface area (Å²) < 4.78 is 53.0. The molecular formula is C18H18F2N2O3S. The highest BCUT2D eigenvalue weighted by molar-refractivity contribution is 7.89. The Morgan fingerprint density at radius 3 is 2.58 bits per heavy atom. The van der Waals surface area contributed by atoms with E-state index in [1.165, 1.54) is 19.2 Å². The summed E-state index contributed by atoms with van der Waals surface area (Å²) in [6.07, 6.45) is 1.64. The van der Waals surface area contributed by atoms with Crippen LogP contribution >= 0.6 is 0 Å². The van der Waals surface area contributed by atoms with E-state index in [9.17, 15) is 22.0 Å². The number of anilines is 1. The third kappa shape index (κ3) is 3.76. The van der Waals surface area contributed by atoms with Crippen molar-refractivity contribution in [2.75, 3.05) is 12.4 Å². The van der Waals surface area contributed by atoms with E-state index in [1.54, 1.807) is 12.1 Å². The Kier molecular flexibility index (Phi) is 5.06. The van der Waals surface area contributed by atoms with Gasteiger partial charge in [-0.3, -0.25) is 4.79 Å². The number of hydrogen-bond acceptors (Lipinski definition) is 3. The number of sulfonamides is 1. The number of hydrogen-bond donors (Lipinski definition) is 1. The van der Waals surface area contributed by atoms with Gasteiger partial charge < -0.3 is 5.32 Å². The van der Waals surface area contributed by atoms with E-state index in [0.29, 0.717) is 30.5 Å². The average Bonchev–Trinajstić information content (AvgIpc) is 2.77. The maximum Gasteiger partial charge on any atom is 0.243 e. The van der Waals surface area contributed by atoms with Crippen molar-refractivity contribution in [1.29, 1.82) is 0 Å². The average molecular weight is 380 g/mol. The van der Waals surface area contributed by atoms with Crippen molar-refractivity contribution in [3.8, 4) is 0 Å². The molecule has 1 heterocycles. The molecule has 1 amide bonds. The van der Waals surface area contributed by atoms with Crippen molar-refractivity contribution in [3.05, 3.63) is 59.2 Å². The van der Waals surface area contributed by atoms with E-state index in [-0.39, 0.29) is 17.3 Å². The van der Waals surface area contributed by atoms with E-state index in [0.717, 1.165) is 22.0 Å². The number of amides is 1. The molecule has 0 radical (unpaired) electrons. The van der Waals surface area contributed by atoms with Crippen LogP contribution in [0.2, 0.25) is 0 Å². The topological polar surface area (TPSA) is 66.5 Å². The molecule has 3 rings (SSSR count). The normalized spacial score (nSPS) is 14.7. The lowest BCUT2D eigenvalue weighted by Crippen LogP contribution is -2.26. The maximum absolute atomic E-state index is 13.3. The lowest BCUT2D eigenvalue weighted by atomic mass is 10.1. The van der Waals surface area contributed by atoms with E-state index in [4.69, 9.17) is 0 Å². The fourth-order valence-electron chi connectivity index (χ4n) is 2.87. The van der Waals surface area contributed by atoms with Gasteiger partial charge in [-0.25, -0.2) is 17.2 Å². The van der Waals surface area contributed by atoms with E-state index >= 15 is 0 Å². The lowest BCUT2D eigenvalue weighted by molar-refractivity contribution is -0.116. The smallest absolute Gasteiger partial charge is 0.243 e. The number of nitrogens with zero attached hydrogens (tertiary/aromatic N) is 1. The van der Waals surface area contributed by atoms with Gasteiger partial charge in [0.05, 0.1) is 4.90 Å². The van der Waals surface area contributed by atoms with Crippen LogP contribution in [-0.2, 0) is 27.8 Å². The van der Waals surface area contributed by atoms with Crippen LogP contribution in [0.25, 0.3) is 0 Å². The molecule has 1 N–H and O–H groups in total. The summed E-state index contributed by atoms with van der Waals surface area (Å²) in [6.45, 7) is -0.0899. The summed E-state index contributed by atoms with van der Waals surface area (Å²) in [5.41, 5.74) is 1.73. The van der Waals surface area contributed by atoms with Crippen LogP contribution in [-0.4, -0.2) is 25.7 Å². The van der Waals surface area contributed by atoms with Crippen LogP contribution in [0.1, 0.15) is 24.0 Å². The molecule has 2 aromatic carbocycles. The molecule has 0 bridgehead atoms. The number of fused-ring (bicyclic) bond motifs is 1. The number of halogens is 2. The first-order chi connectivity index (χ1) is 12.3. The van der Waals surface area contributed by atoms with Crippen molar-refractivity contribution in [3.63, 3.8) is 0 Å². The fourth-order valence-corrected chi connectivity index (χ4v) is 4.08. The van der Waals surface area contributed by atoms with Crippen LogP contribution < -0.4 is 5.32 Å². The summed E-state index contributed by atoms with van der Waals surface area (Å²) in [4.78, 5) is 11.7. The van der Waals surface area contributed by atoms with Gasteiger partial charge in [-0.2, -0.15) is 4.31 Å². The Morgan fingerprint density at radius 1 is 1.08 bits per heavy atom. The molecule has 0 saturated heterocycles. The summed E-state index contributed by atoms with van der Waals surface area (Å²) in [7, 11) is -2.44. The first-order valence-corrected chi connectivity index (χ1v) is 9.54. The lowest BCUT2D eigenvalue weighted by Gasteiger charge is -2.18. The zero-order chi connectivity index (χ0) is 18.9. The molecule has 0 aliphatic carbocycles.